The van der Waals surface area contributed by atoms with Crippen LogP contribution in [0.4, 0.5) is 0 Å². The van der Waals surface area contributed by atoms with E-state index in [1.165, 1.54) is 0 Å². The zero-order valence-corrected chi connectivity index (χ0v) is 12.5. The van der Waals surface area contributed by atoms with Gasteiger partial charge in [0.2, 0.25) is 5.91 Å². The molecule has 0 aromatic carbocycles. The highest BCUT2D eigenvalue weighted by Crippen LogP contribution is 2.18. The van der Waals surface area contributed by atoms with Crippen molar-refractivity contribution in [2.75, 3.05) is 19.6 Å². The molecule has 1 amide bonds. The number of carbonyl (C=O) groups is 1. The molecule has 0 saturated carbocycles. The number of nitrogens with zero attached hydrogens (tertiary/aromatic N) is 1. The number of rotatable bonds is 7. The molecule has 18 heavy (non-hydrogen) atoms. The summed E-state index contributed by atoms with van der Waals surface area (Å²) in [5.41, 5.74) is 0. The van der Waals surface area contributed by atoms with Crippen molar-refractivity contribution in [2.24, 2.45) is 11.8 Å². The van der Waals surface area contributed by atoms with Gasteiger partial charge >= 0.3 is 0 Å². The summed E-state index contributed by atoms with van der Waals surface area (Å²) in [5, 5.41) is 3.36. The van der Waals surface area contributed by atoms with Gasteiger partial charge in [0.05, 0.1) is 0 Å². The standard InChI is InChI=1S/C15H30N2O/c1-5-8-17(14-6-7-16-11-14)15(18)10-13(4)9-12(2)3/h12-14,16H,5-11H2,1-4H3. The quantitative estimate of drug-likeness (QED) is 0.757. The molecule has 3 nitrogen and oxygen atoms in total. The van der Waals surface area contributed by atoms with E-state index in [1.807, 2.05) is 0 Å². The number of nitrogens with one attached hydrogen (secondary N) is 1. The first kappa shape index (κ1) is 15.5. The molecule has 0 aromatic heterocycles. The van der Waals surface area contributed by atoms with Gasteiger partial charge in [0.15, 0.2) is 0 Å². The Balaban J connectivity index is 2.48. The van der Waals surface area contributed by atoms with E-state index in [9.17, 15) is 4.79 Å². The summed E-state index contributed by atoms with van der Waals surface area (Å²) in [5.74, 6) is 1.55. The fourth-order valence-corrected chi connectivity index (χ4v) is 2.96. The van der Waals surface area contributed by atoms with Gasteiger partial charge in [-0.05, 0) is 37.6 Å². The summed E-state index contributed by atoms with van der Waals surface area (Å²) in [6, 6.07) is 0.434. The second kappa shape index (κ2) is 7.78. The maximum atomic E-state index is 12.4. The lowest BCUT2D eigenvalue weighted by molar-refractivity contribution is -0.134. The Labute approximate surface area is 112 Å². The molecule has 0 radical (unpaired) electrons. The van der Waals surface area contributed by atoms with Gasteiger partial charge in [-0.3, -0.25) is 4.79 Å². The van der Waals surface area contributed by atoms with Crippen molar-refractivity contribution in [3.63, 3.8) is 0 Å². The second-order valence-electron chi connectivity index (χ2n) is 6.17. The summed E-state index contributed by atoms with van der Waals surface area (Å²) in [6.45, 7) is 11.8. The first-order valence-corrected chi connectivity index (χ1v) is 7.54. The van der Waals surface area contributed by atoms with Crippen molar-refractivity contribution in [2.45, 2.75) is 59.4 Å². The SMILES string of the molecule is CCCN(C(=O)CC(C)CC(C)C)C1CCNC1. The van der Waals surface area contributed by atoms with Gasteiger partial charge in [0.1, 0.15) is 0 Å². The molecule has 106 valence electrons. The Hall–Kier alpha value is -0.570. The molecule has 1 N–H and O–H groups in total. The first-order valence-electron chi connectivity index (χ1n) is 7.54. The fourth-order valence-electron chi connectivity index (χ4n) is 2.96. The van der Waals surface area contributed by atoms with Crippen molar-refractivity contribution >= 4 is 5.91 Å². The van der Waals surface area contributed by atoms with Crippen LogP contribution in [-0.2, 0) is 4.79 Å². The van der Waals surface area contributed by atoms with Gasteiger partial charge in [-0.1, -0.05) is 27.7 Å². The van der Waals surface area contributed by atoms with Crippen LogP contribution in [0.5, 0.6) is 0 Å². The number of hydrogen-bond donors (Lipinski definition) is 1. The summed E-state index contributed by atoms with van der Waals surface area (Å²) in [6.07, 6.45) is 4.04. The van der Waals surface area contributed by atoms with E-state index < -0.39 is 0 Å². The molecule has 0 aliphatic carbocycles. The van der Waals surface area contributed by atoms with Crippen LogP contribution in [0.2, 0.25) is 0 Å². The van der Waals surface area contributed by atoms with E-state index >= 15 is 0 Å². The molecule has 3 heteroatoms. The van der Waals surface area contributed by atoms with Crippen LogP contribution < -0.4 is 5.32 Å². The molecule has 2 atom stereocenters. The lowest BCUT2D eigenvalue weighted by Gasteiger charge is -2.29. The average Bonchev–Trinajstić information content (AvgIpc) is 2.77. The minimum absolute atomic E-state index is 0.360. The third-order valence-electron chi connectivity index (χ3n) is 3.66. The molecule has 0 aromatic rings. The molecule has 1 fully saturated rings. The van der Waals surface area contributed by atoms with E-state index in [-0.39, 0.29) is 0 Å². The Morgan fingerprint density at radius 3 is 2.61 bits per heavy atom. The van der Waals surface area contributed by atoms with E-state index in [1.54, 1.807) is 0 Å². The van der Waals surface area contributed by atoms with Crippen molar-refractivity contribution in [1.29, 1.82) is 0 Å². The maximum Gasteiger partial charge on any atom is 0.223 e. The van der Waals surface area contributed by atoms with Crippen LogP contribution in [-0.4, -0.2) is 36.5 Å². The highest BCUT2D eigenvalue weighted by Gasteiger charge is 2.26. The lowest BCUT2D eigenvalue weighted by atomic mass is 9.95. The van der Waals surface area contributed by atoms with Gasteiger partial charge in [-0.15, -0.1) is 0 Å². The van der Waals surface area contributed by atoms with Gasteiger partial charge in [-0.25, -0.2) is 0 Å². The van der Waals surface area contributed by atoms with E-state index in [2.05, 4.69) is 37.9 Å². The Kier molecular flexibility index (Phi) is 6.69. The third-order valence-corrected chi connectivity index (χ3v) is 3.66. The molecule has 1 aliphatic rings. The average molecular weight is 254 g/mol. The van der Waals surface area contributed by atoms with E-state index in [0.717, 1.165) is 38.9 Å². The minimum Gasteiger partial charge on any atom is -0.338 e. The molecule has 0 bridgehead atoms. The van der Waals surface area contributed by atoms with Crippen molar-refractivity contribution in [1.82, 2.24) is 10.2 Å². The summed E-state index contributed by atoms with van der Waals surface area (Å²) in [7, 11) is 0. The van der Waals surface area contributed by atoms with Crippen molar-refractivity contribution in [3.05, 3.63) is 0 Å². The third kappa shape index (κ3) is 4.97. The summed E-state index contributed by atoms with van der Waals surface area (Å²) >= 11 is 0. The number of carbonyl (C=O) groups excluding carboxylic acids is 1. The van der Waals surface area contributed by atoms with Crippen molar-refractivity contribution in [3.8, 4) is 0 Å². The van der Waals surface area contributed by atoms with Gasteiger partial charge in [0, 0.05) is 25.6 Å². The normalized spacial score (nSPS) is 21.3. The summed E-state index contributed by atoms with van der Waals surface area (Å²) < 4.78 is 0. The molecule has 0 spiro atoms. The zero-order valence-electron chi connectivity index (χ0n) is 12.5. The number of amides is 1. The Morgan fingerprint density at radius 2 is 2.11 bits per heavy atom. The fraction of sp³-hybridized carbons (Fsp3) is 0.933. The Bertz CT molecular complexity index is 247. The van der Waals surface area contributed by atoms with Gasteiger partial charge < -0.3 is 10.2 Å². The van der Waals surface area contributed by atoms with E-state index in [0.29, 0.717) is 30.2 Å². The van der Waals surface area contributed by atoms with Gasteiger partial charge in [-0.2, -0.15) is 0 Å². The molecular weight excluding hydrogens is 224 g/mol. The smallest absolute Gasteiger partial charge is 0.223 e. The zero-order chi connectivity index (χ0) is 13.5. The maximum absolute atomic E-state index is 12.4. The van der Waals surface area contributed by atoms with Crippen LogP contribution in [0.1, 0.15) is 53.4 Å². The molecular formula is C15H30N2O. The molecule has 1 aliphatic heterocycles. The van der Waals surface area contributed by atoms with Gasteiger partial charge in [0.25, 0.3) is 0 Å². The van der Waals surface area contributed by atoms with Crippen LogP contribution in [0, 0.1) is 11.8 Å². The topological polar surface area (TPSA) is 32.3 Å². The second-order valence-corrected chi connectivity index (χ2v) is 6.17. The Morgan fingerprint density at radius 1 is 1.39 bits per heavy atom. The molecule has 1 heterocycles. The predicted molar refractivity (Wildman–Crippen MR) is 76.5 cm³/mol. The van der Waals surface area contributed by atoms with Crippen molar-refractivity contribution < 1.29 is 4.79 Å². The van der Waals surface area contributed by atoms with Crippen LogP contribution in [0.15, 0.2) is 0 Å². The van der Waals surface area contributed by atoms with E-state index in [4.69, 9.17) is 0 Å². The van der Waals surface area contributed by atoms with Crippen LogP contribution in [0.3, 0.4) is 0 Å². The molecule has 1 rings (SSSR count). The number of hydrogen-bond acceptors (Lipinski definition) is 2. The predicted octanol–water partition coefficient (Wildman–Crippen LogP) is 2.66. The highest BCUT2D eigenvalue weighted by molar-refractivity contribution is 5.76. The minimum atomic E-state index is 0.360. The molecule has 2 unspecified atom stereocenters. The monoisotopic (exact) mass is 254 g/mol. The molecule has 1 saturated heterocycles. The summed E-state index contributed by atoms with van der Waals surface area (Å²) in [4.78, 5) is 14.5. The highest BCUT2D eigenvalue weighted by atomic mass is 16.2. The van der Waals surface area contributed by atoms with Crippen LogP contribution >= 0.6 is 0 Å². The first-order chi connectivity index (χ1) is 8.54. The lowest BCUT2D eigenvalue weighted by Crippen LogP contribution is -2.42. The van der Waals surface area contributed by atoms with Crippen LogP contribution in [0.25, 0.3) is 0 Å². The largest absolute Gasteiger partial charge is 0.338 e.